The molecule has 2 aromatic rings. The summed E-state index contributed by atoms with van der Waals surface area (Å²) in [6.45, 7) is 2.72. The van der Waals surface area contributed by atoms with E-state index in [2.05, 4.69) is 10.3 Å². The molecule has 0 aliphatic rings. The van der Waals surface area contributed by atoms with Crippen LogP contribution in [0.2, 0.25) is 0 Å². The molecule has 0 saturated heterocycles. The van der Waals surface area contributed by atoms with Gasteiger partial charge in [-0.2, -0.15) is 0 Å². The maximum atomic E-state index is 13.7. The number of fused-ring (bicyclic) bond motifs is 1. The van der Waals surface area contributed by atoms with Crippen LogP contribution in [0, 0.1) is 5.82 Å². The number of hydrogen-bond acceptors (Lipinski definition) is 3. The van der Waals surface area contributed by atoms with Crippen molar-refractivity contribution < 1.29 is 23.8 Å². The molecule has 0 aliphatic heterocycles. The molecular formula is C14H15FN2O4. The number of benzene rings is 1. The predicted octanol–water partition coefficient (Wildman–Crippen LogP) is 1.91. The number of carboxylic acids is 1. The third-order valence-corrected chi connectivity index (χ3v) is 3.13. The van der Waals surface area contributed by atoms with Crippen molar-refractivity contribution in [1.29, 1.82) is 0 Å². The van der Waals surface area contributed by atoms with Gasteiger partial charge in [-0.1, -0.05) is 0 Å². The molecular weight excluding hydrogens is 279 g/mol. The molecule has 1 heterocycles. The Hall–Kier alpha value is -2.57. The number of ether oxygens (including phenoxy) is 1. The number of aromatic amines is 1. The number of nitrogens with one attached hydrogen (secondary N) is 2. The van der Waals surface area contributed by atoms with E-state index in [1.165, 1.54) is 39.2 Å². The highest BCUT2D eigenvalue weighted by Crippen LogP contribution is 2.28. The van der Waals surface area contributed by atoms with Gasteiger partial charge < -0.3 is 20.1 Å². The standard InChI is InChI=1S/C14H15FN2O4/c1-14(2,13(19)20)17-12(18)9-6-7-10(21-3)5-4-8(15)11(7)16-9/h4-6,16H,1-3H3,(H,17,18)(H,19,20). The molecule has 0 radical (unpaired) electrons. The second-order valence-electron chi connectivity index (χ2n) is 5.11. The Labute approximate surface area is 119 Å². The maximum absolute atomic E-state index is 13.7. The van der Waals surface area contributed by atoms with Crippen LogP contribution in [-0.4, -0.2) is 34.6 Å². The van der Waals surface area contributed by atoms with Gasteiger partial charge in [-0.25, -0.2) is 9.18 Å². The van der Waals surface area contributed by atoms with Crippen LogP contribution in [0.1, 0.15) is 24.3 Å². The number of aromatic nitrogens is 1. The van der Waals surface area contributed by atoms with Gasteiger partial charge >= 0.3 is 5.97 Å². The minimum Gasteiger partial charge on any atom is -0.496 e. The minimum absolute atomic E-state index is 0.0581. The lowest BCUT2D eigenvalue weighted by Gasteiger charge is -2.20. The van der Waals surface area contributed by atoms with Gasteiger partial charge in [-0.05, 0) is 32.0 Å². The SMILES string of the molecule is COc1ccc(F)c2[nH]c(C(=O)NC(C)(C)C(=O)O)cc12. The number of hydrogen-bond donors (Lipinski definition) is 3. The molecule has 0 bridgehead atoms. The van der Waals surface area contributed by atoms with E-state index in [9.17, 15) is 14.0 Å². The molecule has 3 N–H and O–H groups in total. The second kappa shape index (κ2) is 5.08. The van der Waals surface area contributed by atoms with Gasteiger partial charge in [0.1, 0.15) is 22.8 Å². The monoisotopic (exact) mass is 294 g/mol. The maximum Gasteiger partial charge on any atom is 0.328 e. The number of carbonyl (C=O) groups is 2. The summed E-state index contributed by atoms with van der Waals surface area (Å²) in [6, 6.07) is 4.10. The molecule has 0 saturated carbocycles. The number of carboxylic acid groups (broad SMARTS) is 1. The average Bonchev–Trinajstić information content (AvgIpc) is 2.84. The molecule has 7 heteroatoms. The smallest absolute Gasteiger partial charge is 0.328 e. The van der Waals surface area contributed by atoms with E-state index in [1.807, 2.05) is 0 Å². The molecule has 0 unspecified atom stereocenters. The van der Waals surface area contributed by atoms with E-state index in [4.69, 9.17) is 9.84 Å². The van der Waals surface area contributed by atoms with Crippen LogP contribution in [0.15, 0.2) is 18.2 Å². The predicted molar refractivity (Wildman–Crippen MR) is 74.0 cm³/mol. The number of H-pyrrole nitrogens is 1. The van der Waals surface area contributed by atoms with Crippen molar-refractivity contribution in [2.75, 3.05) is 7.11 Å². The zero-order valence-corrected chi connectivity index (χ0v) is 11.8. The van der Waals surface area contributed by atoms with Crippen molar-refractivity contribution in [2.24, 2.45) is 0 Å². The fourth-order valence-corrected chi connectivity index (χ4v) is 1.86. The lowest BCUT2D eigenvalue weighted by molar-refractivity contribution is -0.143. The van der Waals surface area contributed by atoms with Gasteiger partial charge in [-0.3, -0.25) is 4.79 Å². The van der Waals surface area contributed by atoms with Crippen LogP contribution < -0.4 is 10.1 Å². The normalized spacial score (nSPS) is 11.4. The van der Waals surface area contributed by atoms with Crippen LogP contribution in [0.3, 0.4) is 0 Å². The first kappa shape index (κ1) is 14.8. The summed E-state index contributed by atoms with van der Waals surface area (Å²) in [6.07, 6.45) is 0. The van der Waals surface area contributed by atoms with Gasteiger partial charge in [0.25, 0.3) is 5.91 Å². The van der Waals surface area contributed by atoms with Crippen LogP contribution in [-0.2, 0) is 4.79 Å². The van der Waals surface area contributed by atoms with Crippen molar-refractivity contribution in [3.8, 4) is 5.75 Å². The number of amides is 1. The summed E-state index contributed by atoms with van der Waals surface area (Å²) >= 11 is 0. The van der Waals surface area contributed by atoms with Crippen LogP contribution in [0.4, 0.5) is 4.39 Å². The van der Waals surface area contributed by atoms with Gasteiger partial charge in [0, 0.05) is 5.39 Å². The Morgan fingerprint density at radius 2 is 2.05 bits per heavy atom. The van der Waals surface area contributed by atoms with Crippen LogP contribution >= 0.6 is 0 Å². The highest BCUT2D eigenvalue weighted by molar-refractivity contribution is 6.01. The Morgan fingerprint density at radius 3 is 2.62 bits per heavy atom. The number of halogens is 1. The van der Waals surface area contributed by atoms with Crippen LogP contribution in [0.25, 0.3) is 10.9 Å². The van der Waals surface area contributed by atoms with Crippen molar-refractivity contribution in [3.63, 3.8) is 0 Å². The molecule has 21 heavy (non-hydrogen) atoms. The number of rotatable bonds is 4. The molecule has 2 rings (SSSR count). The van der Waals surface area contributed by atoms with Gasteiger partial charge in [0.05, 0.1) is 12.6 Å². The summed E-state index contributed by atoms with van der Waals surface area (Å²) in [7, 11) is 1.44. The molecule has 1 aromatic carbocycles. The van der Waals surface area contributed by atoms with Crippen LogP contribution in [0.5, 0.6) is 5.75 Å². The summed E-state index contributed by atoms with van der Waals surface area (Å²) in [4.78, 5) is 25.7. The number of carbonyl (C=O) groups excluding carboxylic acids is 1. The first-order valence-electron chi connectivity index (χ1n) is 6.17. The fraction of sp³-hybridized carbons (Fsp3) is 0.286. The van der Waals surface area contributed by atoms with E-state index in [-0.39, 0.29) is 11.2 Å². The first-order valence-corrected chi connectivity index (χ1v) is 6.17. The van der Waals surface area contributed by atoms with Gasteiger partial charge in [0.2, 0.25) is 0 Å². The van der Waals surface area contributed by atoms with E-state index < -0.39 is 23.2 Å². The van der Waals surface area contributed by atoms with Crippen molar-refractivity contribution >= 4 is 22.8 Å². The van der Waals surface area contributed by atoms with Crippen molar-refractivity contribution in [1.82, 2.24) is 10.3 Å². The summed E-state index contributed by atoms with van der Waals surface area (Å²) in [5.74, 6) is -1.92. The second-order valence-corrected chi connectivity index (χ2v) is 5.11. The average molecular weight is 294 g/mol. The molecule has 6 nitrogen and oxygen atoms in total. The third kappa shape index (κ3) is 2.67. The molecule has 0 fully saturated rings. The lowest BCUT2D eigenvalue weighted by Crippen LogP contribution is -2.49. The Kier molecular flexibility index (Phi) is 3.59. The Bertz CT molecular complexity index is 721. The highest BCUT2D eigenvalue weighted by atomic mass is 19.1. The minimum atomic E-state index is -1.43. The highest BCUT2D eigenvalue weighted by Gasteiger charge is 2.30. The zero-order valence-electron chi connectivity index (χ0n) is 11.8. The summed E-state index contributed by atoms with van der Waals surface area (Å²) in [5, 5.41) is 11.8. The number of aliphatic carboxylic acids is 1. The molecule has 0 spiro atoms. The van der Waals surface area contributed by atoms with E-state index in [0.29, 0.717) is 11.1 Å². The summed E-state index contributed by atoms with van der Waals surface area (Å²) < 4.78 is 18.8. The van der Waals surface area contributed by atoms with Crippen molar-refractivity contribution in [3.05, 3.63) is 29.7 Å². The fourth-order valence-electron chi connectivity index (χ4n) is 1.86. The topological polar surface area (TPSA) is 91.4 Å². The number of methoxy groups -OCH3 is 1. The third-order valence-electron chi connectivity index (χ3n) is 3.13. The lowest BCUT2D eigenvalue weighted by atomic mass is 10.1. The quantitative estimate of drug-likeness (QED) is 0.803. The molecule has 0 atom stereocenters. The molecule has 0 aliphatic carbocycles. The first-order chi connectivity index (χ1) is 9.76. The largest absolute Gasteiger partial charge is 0.496 e. The molecule has 1 aromatic heterocycles. The van der Waals surface area contributed by atoms with Gasteiger partial charge in [-0.15, -0.1) is 0 Å². The van der Waals surface area contributed by atoms with E-state index in [0.717, 1.165) is 0 Å². The zero-order chi connectivity index (χ0) is 15.8. The van der Waals surface area contributed by atoms with E-state index >= 15 is 0 Å². The Morgan fingerprint density at radius 1 is 1.38 bits per heavy atom. The van der Waals surface area contributed by atoms with Crippen molar-refractivity contribution in [2.45, 2.75) is 19.4 Å². The Balaban J connectivity index is 2.42. The molecule has 1 amide bonds. The van der Waals surface area contributed by atoms with E-state index in [1.54, 1.807) is 0 Å². The summed E-state index contributed by atoms with van der Waals surface area (Å²) in [5.41, 5.74) is -1.24. The van der Waals surface area contributed by atoms with Gasteiger partial charge in [0.15, 0.2) is 0 Å². The molecule has 112 valence electrons.